The second-order valence-corrected chi connectivity index (χ2v) is 15.1. The molecule has 0 aliphatic carbocycles. The average Bonchev–Trinajstić information content (AvgIpc) is 2.01. The maximum absolute atomic E-state index is 4.82. The maximum atomic E-state index is 4.82. The summed E-state index contributed by atoms with van der Waals surface area (Å²) in [6, 6.07) is 12.5. The quantitative estimate of drug-likeness (QED) is 0.561. The van der Waals surface area contributed by atoms with E-state index in [2.05, 4.69) is 45.3 Å². The van der Waals surface area contributed by atoms with Gasteiger partial charge in [0.05, 0.1) is 0 Å². The molecule has 0 spiro atoms. The number of nitrogens with zero attached hydrogens (tertiary/aromatic N) is 1. The summed E-state index contributed by atoms with van der Waals surface area (Å²) in [4.78, 5) is 0. The van der Waals surface area contributed by atoms with Gasteiger partial charge in [-0.2, -0.15) is 36.4 Å². The molecule has 0 fully saturated rings. The Morgan fingerprint density at radius 1 is 0.750 bits per heavy atom. The molecule has 1 nitrogen and oxygen atoms in total. The summed E-state index contributed by atoms with van der Waals surface area (Å²) in [6.07, 6.45) is 0. The van der Waals surface area contributed by atoms with Crippen LogP contribution < -0.4 is 0 Å². The molecule has 1 aromatic rings. The summed E-state index contributed by atoms with van der Waals surface area (Å²) in [5.41, 5.74) is 0. The van der Waals surface area contributed by atoms with E-state index in [0.717, 1.165) is 0 Å². The molecule has 0 radical (unpaired) electrons. The molecule has 0 unspecified atom stereocenters. The third-order valence-electron chi connectivity index (χ3n) is 1.28. The molecular weight excluding hydrogens is 239 g/mol. The normalized spacial score (nSPS) is 10.9. The monoisotopic (exact) mass is 261 g/mol. The SMILES string of the molecule is C[Si](C)(C)[N-][Si](C)(C)C.[Mg+2].[c-]1ccccc1. The van der Waals surface area contributed by atoms with Gasteiger partial charge < -0.3 is 4.65 Å². The van der Waals surface area contributed by atoms with Crippen molar-refractivity contribution in [2.24, 2.45) is 0 Å². The number of hydrogen-bond acceptors (Lipinski definition) is 0. The minimum atomic E-state index is -1.11. The van der Waals surface area contributed by atoms with Crippen LogP contribution in [-0.4, -0.2) is 39.5 Å². The molecule has 1 aromatic carbocycles. The zero-order valence-corrected chi connectivity index (χ0v) is 15.0. The summed E-state index contributed by atoms with van der Waals surface area (Å²) in [5, 5.41) is 0. The molecule has 86 valence electrons. The molecule has 0 N–H and O–H groups in total. The molecule has 4 heteroatoms. The molecule has 0 saturated heterocycles. The third kappa shape index (κ3) is 16.8. The van der Waals surface area contributed by atoms with Crippen LogP contribution in [0.5, 0.6) is 0 Å². The zero-order valence-electron chi connectivity index (χ0n) is 11.5. The van der Waals surface area contributed by atoms with Gasteiger partial charge in [0.25, 0.3) is 0 Å². The molecule has 0 atom stereocenters. The molecular formula is C12H23MgNSi2. The molecule has 0 aromatic heterocycles. The van der Waals surface area contributed by atoms with Crippen LogP contribution in [0.3, 0.4) is 0 Å². The maximum Gasteiger partial charge on any atom is 2.00 e. The Labute approximate surface area is 119 Å². The van der Waals surface area contributed by atoms with E-state index < -0.39 is 16.5 Å². The number of hydrogen-bond donors (Lipinski definition) is 0. The van der Waals surface area contributed by atoms with E-state index in [-0.39, 0.29) is 23.1 Å². The molecule has 1 rings (SSSR count). The predicted molar refractivity (Wildman–Crippen MR) is 81.1 cm³/mol. The first-order chi connectivity index (χ1) is 6.71. The van der Waals surface area contributed by atoms with Crippen molar-refractivity contribution in [2.75, 3.05) is 0 Å². The van der Waals surface area contributed by atoms with Gasteiger partial charge >= 0.3 is 23.1 Å². The van der Waals surface area contributed by atoms with Gasteiger partial charge in [0.2, 0.25) is 0 Å². The first kappa shape index (κ1) is 18.7. The summed E-state index contributed by atoms with van der Waals surface area (Å²) in [5.74, 6) is 0. The Balaban J connectivity index is 0. The number of benzene rings is 1. The van der Waals surface area contributed by atoms with Gasteiger partial charge in [-0.3, -0.25) is 0 Å². The molecule has 0 heterocycles. The van der Waals surface area contributed by atoms with E-state index in [4.69, 9.17) is 4.65 Å². The van der Waals surface area contributed by atoms with E-state index in [1.54, 1.807) is 0 Å². The standard InChI is InChI=1S/C6H18NSi2.C6H5.Mg/c1-8(2,3)7-9(4,5)6;1-2-4-6-5-3-1;/h1-6H3;1-5H;/q2*-1;+2. The second kappa shape index (κ2) is 8.47. The largest absolute Gasteiger partial charge is 2.00 e. The van der Waals surface area contributed by atoms with E-state index >= 15 is 0 Å². The van der Waals surface area contributed by atoms with Gasteiger partial charge in [-0.05, 0) is 0 Å². The Hall–Kier alpha value is 0.380. The Kier molecular flexibility index (Phi) is 9.92. The average molecular weight is 262 g/mol. The summed E-state index contributed by atoms with van der Waals surface area (Å²) in [7, 11) is -2.21. The van der Waals surface area contributed by atoms with E-state index in [9.17, 15) is 0 Å². The summed E-state index contributed by atoms with van der Waals surface area (Å²) < 4.78 is 4.82. The van der Waals surface area contributed by atoms with Crippen molar-refractivity contribution in [3.63, 3.8) is 0 Å². The number of rotatable bonds is 2. The van der Waals surface area contributed by atoms with Gasteiger partial charge in [0.1, 0.15) is 0 Å². The van der Waals surface area contributed by atoms with Crippen molar-refractivity contribution >= 4 is 39.5 Å². The molecule has 0 aliphatic rings. The molecule has 0 saturated carbocycles. The molecule has 0 aliphatic heterocycles. The fraction of sp³-hybridized carbons (Fsp3) is 0.500. The predicted octanol–water partition coefficient (Wildman–Crippen LogP) is 4.14. The van der Waals surface area contributed by atoms with Crippen molar-refractivity contribution < 1.29 is 0 Å². The van der Waals surface area contributed by atoms with E-state index in [1.807, 2.05) is 30.3 Å². The minimum absolute atomic E-state index is 0. The molecule has 0 bridgehead atoms. The van der Waals surface area contributed by atoms with Gasteiger partial charge in [-0.1, -0.05) is 55.8 Å². The Morgan fingerprint density at radius 3 is 1.19 bits per heavy atom. The fourth-order valence-electron chi connectivity index (χ4n) is 1.35. The third-order valence-corrected chi connectivity index (χ3v) is 6.64. The van der Waals surface area contributed by atoms with Crippen LogP contribution in [0.1, 0.15) is 0 Å². The van der Waals surface area contributed by atoms with Crippen molar-refractivity contribution in [1.29, 1.82) is 0 Å². The Morgan fingerprint density at radius 2 is 1.12 bits per heavy atom. The van der Waals surface area contributed by atoms with Crippen LogP contribution in [0.4, 0.5) is 0 Å². The molecule has 0 amide bonds. The smallest absolute Gasteiger partial charge is 0.668 e. The van der Waals surface area contributed by atoms with Gasteiger partial charge in [-0.25, -0.2) is 0 Å². The summed E-state index contributed by atoms with van der Waals surface area (Å²) in [6.45, 7) is 13.8. The minimum Gasteiger partial charge on any atom is -0.668 e. The van der Waals surface area contributed by atoms with Crippen LogP contribution in [0, 0.1) is 6.07 Å². The molecule has 16 heavy (non-hydrogen) atoms. The van der Waals surface area contributed by atoms with Crippen LogP contribution in [0.15, 0.2) is 30.3 Å². The zero-order chi connectivity index (χ0) is 11.9. The fourth-order valence-corrected chi connectivity index (χ4v) is 9.40. The van der Waals surface area contributed by atoms with Crippen molar-refractivity contribution in [2.45, 2.75) is 39.3 Å². The first-order valence-electron chi connectivity index (χ1n) is 5.36. The van der Waals surface area contributed by atoms with Gasteiger partial charge in [0.15, 0.2) is 0 Å². The van der Waals surface area contributed by atoms with Crippen molar-refractivity contribution in [1.82, 2.24) is 0 Å². The summed E-state index contributed by atoms with van der Waals surface area (Å²) >= 11 is 0. The van der Waals surface area contributed by atoms with Crippen LogP contribution in [0.2, 0.25) is 39.3 Å². The first-order valence-corrected chi connectivity index (χ1v) is 12.3. The van der Waals surface area contributed by atoms with Crippen LogP contribution in [0.25, 0.3) is 4.65 Å². The van der Waals surface area contributed by atoms with Crippen molar-refractivity contribution in [3.8, 4) is 0 Å². The van der Waals surface area contributed by atoms with E-state index in [0.29, 0.717) is 0 Å². The van der Waals surface area contributed by atoms with Gasteiger partial charge in [-0.15, -0.1) is 0 Å². The van der Waals surface area contributed by atoms with Gasteiger partial charge in [0, 0.05) is 0 Å². The van der Waals surface area contributed by atoms with Crippen LogP contribution in [-0.2, 0) is 0 Å². The van der Waals surface area contributed by atoms with E-state index in [1.165, 1.54) is 0 Å². The topological polar surface area (TPSA) is 14.1 Å². The van der Waals surface area contributed by atoms with Crippen LogP contribution >= 0.6 is 0 Å². The van der Waals surface area contributed by atoms with Crippen molar-refractivity contribution in [3.05, 3.63) is 41.0 Å². The second-order valence-electron chi connectivity index (χ2n) is 5.53. The Bertz CT molecular complexity index is 213.